The molecule has 0 saturated heterocycles. The lowest BCUT2D eigenvalue weighted by Crippen LogP contribution is -2.17. The summed E-state index contributed by atoms with van der Waals surface area (Å²) in [5.74, 6) is 0.399. The summed E-state index contributed by atoms with van der Waals surface area (Å²) >= 11 is 0. The Morgan fingerprint density at radius 3 is 2.87 bits per heavy atom. The Kier molecular flexibility index (Phi) is 3.09. The first-order valence-corrected chi connectivity index (χ1v) is 7.06. The molecule has 0 aliphatic rings. The van der Waals surface area contributed by atoms with E-state index in [1.165, 1.54) is 15.5 Å². The van der Waals surface area contributed by atoms with E-state index in [-0.39, 0.29) is 24.3 Å². The maximum Gasteiger partial charge on any atom is 0.287 e. The maximum absolute atomic E-state index is 12.5. The molecule has 3 heterocycles. The van der Waals surface area contributed by atoms with Crippen LogP contribution in [0, 0.1) is 0 Å². The molecule has 0 fully saturated rings. The van der Waals surface area contributed by atoms with E-state index in [1.54, 1.807) is 6.20 Å². The minimum absolute atomic E-state index is 0.0898. The third-order valence-corrected chi connectivity index (χ3v) is 3.48. The molecule has 0 spiro atoms. The molecule has 3 aromatic heterocycles. The predicted octanol–water partition coefficient (Wildman–Crippen LogP) is 0.460. The van der Waals surface area contributed by atoms with Gasteiger partial charge in [0.25, 0.3) is 5.56 Å². The highest BCUT2D eigenvalue weighted by atomic mass is 16.7. The molecule has 4 aromatic rings. The third kappa shape index (κ3) is 2.16. The summed E-state index contributed by atoms with van der Waals surface area (Å²) in [5, 5.41) is 8.84. The number of aliphatic hydroxyl groups is 1. The quantitative estimate of drug-likeness (QED) is 0.570. The minimum Gasteiger partial charge on any atom is -0.408 e. The van der Waals surface area contributed by atoms with E-state index in [2.05, 4.69) is 15.0 Å². The predicted molar refractivity (Wildman–Crippen MR) is 83.1 cm³/mol. The van der Waals surface area contributed by atoms with Crippen LogP contribution in [-0.2, 0) is 0 Å². The lowest BCUT2D eigenvalue weighted by atomic mass is 10.2. The van der Waals surface area contributed by atoms with Gasteiger partial charge in [-0.25, -0.2) is 9.38 Å². The summed E-state index contributed by atoms with van der Waals surface area (Å²) in [6.07, 6.45) is 3.07. The summed E-state index contributed by atoms with van der Waals surface area (Å²) in [7, 11) is 0. The Morgan fingerprint density at radius 2 is 2.09 bits per heavy atom. The van der Waals surface area contributed by atoms with Gasteiger partial charge in [-0.3, -0.25) is 4.79 Å². The molecule has 0 bridgehead atoms. The molecule has 0 unspecified atom stereocenters. The molecule has 0 amide bonds. The maximum atomic E-state index is 12.5. The van der Waals surface area contributed by atoms with Crippen LogP contribution in [0.5, 0.6) is 0 Å². The number of aromatic nitrogens is 5. The number of nitrogens with one attached hydrogen (secondary N) is 1. The average Bonchev–Trinajstić information content (AvgIpc) is 3.19. The molecule has 23 heavy (non-hydrogen) atoms. The van der Waals surface area contributed by atoms with Crippen molar-refractivity contribution < 1.29 is 9.94 Å². The van der Waals surface area contributed by atoms with E-state index >= 15 is 0 Å². The Hall–Kier alpha value is -3.13. The van der Waals surface area contributed by atoms with Crippen LogP contribution in [-0.4, -0.2) is 42.4 Å². The summed E-state index contributed by atoms with van der Waals surface area (Å²) in [5.41, 5.74) is 1.97. The standard InChI is InChI=1S/C15H13N5O3/c21-6-7-23-20-9-16-12-13(20)18-15-17-11(8-19(15)14(12)22)10-4-2-1-3-5-10/h1-5,8-9,21H,6-7H2,(H,17,18). The van der Waals surface area contributed by atoms with Crippen LogP contribution in [0.15, 0.2) is 47.7 Å². The number of hydrogen-bond acceptors (Lipinski definition) is 5. The number of H-pyrrole nitrogens is 1. The van der Waals surface area contributed by atoms with Gasteiger partial charge in [-0.2, -0.15) is 9.71 Å². The van der Waals surface area contributed by atoms with Crippen molar-refractivity contribution in [2.24, 2.45) is 0 Å². The van der Waals surface area contributed by atoms with Crippen LogP contribution < -0.4 is 10.4 Å². The second-order valence-electron chi connectivity index (χ2n) is 4.94. The number of benzene rings is 1. The summed E-state index contributed by atoms with van der Waals surface area (Å²) in [6.45, 7) is -0.0476. The number of nitrogens with zero attached hydrogens (tertiary/aromatic N) is 4. The highest BCUT2D eigenvalue weighted by Gasteiger charge is 2.14. The van der Waals surface area contributed by atoms with Crippen molar-refractivity contribution in [1.82, 2.24) is 24.1 Å². The average molecular weight is 311 g/mol. The zero-order chi connectivity index (χ0) is 15.8. The molecule has 0 atom stereocenters. The second-order valence-corrected chi connectivity index (χ2v) is 4.94. The molecular formula is C15H13N5O3. The number of hydrogen-bond donors (Lipinski definition) is 2. The molecule has 8 nitrogen and oxygen atoms in total. The van der Waals surface area contributed by atoms with Crippen molar-refractivity contribution >= 4 is 16.9 Å². The highest BCUT2D eigenvalue weighted by Crippen LogP contribution is 2.18. The normalized spacial score (nSPS) is 11.3. The van der Waals surface area contributed by atoms with E-state index < -0.39 is 0 Å². The Morgan fingerprint density at radius 1 is 1.26 bits per heavy atom. The topological polar surface area (TPSA) is 97.4 Å². The number of aromatic amines is 1. The van der Waals surface area contributed by atoms with Crippen LogP contribution in [0.4, 0.5) is 0 Å². The fourth-order valence-corrected chi connectivity index (χ4v) is 2.43. The zero-order valence-electron chi connectivity index (χ0n) is 12.0. The number of fused-ring (bicyclic) bond motifs is 2. The third-order valence-electron chi connectivity index (χ3n) is 3.48. The van der Waals surface area contributed by atoms with Crippen LogP contribution in [0.25, 0.3) is 28.2 Å². The Bertz CT molecular complexity index is 1030. The first-order valence-electron chi connectivity index (χ1n) is 7.06. The Balaban J connectivity index is 1.91. The SMILES string of the molecule is O=c1c2ncn(OCCO)c2nc2[nH]c(-c3ccccc3)cn12. The molecule has 8 heteroatoms. The number of imidazole rings is 2. The Labute approximate surface area is 129 Å². The van der Waals surface area contributed by atoms with Crippen molar-refractivity contribution in [1.29, 1.82) is 0 Å². The summed E-state index contributed by atoms with van der Waals surface area (Å²) in [4.78, 5) is 29.4. The molecule has 0 saturated carbocycles. The monoisotopic (exact) mass is 311 g/mol. The molecule has 4 rings (SSSR count). The van der Waals surface area contributed by atoms with Gasteiger partial charge < -0.3 is 14.9 Å². The fourth-order valence-electron chi connectivity index (χ4n) is 2.43. The van der Waals surface area contributed by atoms with Crippen molar-refractivity contribution in [2.75, 3.05) is 13.2 Å². The molecular weight excluding hydrogens is 298 g/mol. The van der Waals surface area contributed by atoms with Crippen LogP contribution in [0.3, 0.4) is 0 Å². The fraction of sp³-hybridized carbons (Fsp3) is 0.133. The first kappa shape index (κ1) is 13.5. The van der Waals surface area contributed by atoms with Crippen molar-refractivity contribution in [3.8, 4) is 11.3 Å². The van der Waals surface area contributed by atoms with Gasteiger partial charge in [0.2, 0.25) is 11.4 Å². The van der Waals surface area contributed by atoms with E-state index in [1.807, 2.05) is 30.3 Å². The van der Waals surface area contributed by atoms with Gasteiger partial charge in [0.1, 0.15) is 12.9 Å². The van der Waals surface area contributed by atoms with Gasteiger partial charge >= 0.3 is 0 Å². The molecule has 116 valence electrons. The van der Waals surface area contributed by atoms with E-state index in [4.69, 9.17) is 9.94 Å². The smallest absolute Gasteiger partial charge is 0.287 e. The lowest BCUT2D eigenvalue weighted by molar-refractivity contribution is 0.0813. The molecule has 1 aromatic carbocycles. The summed E-state index contributed by atoms with van der Waals surface area (Å²) < 4.78 is 2.71. The molecule has 0 aliphatic carbocycles. The second kappa shape index (κ2) is 5.25. The largest absolute Gasteiger partial charge is 0.408 e. The van der Waals surface area contributed by atoms with Crippen LogP contribution >= 0.6 is 0 Å². The lowest BCUT2D eigenvalue weighted by Gasteiger charge is -2.03. The van der Waals surface area contributed by atoms with E-state index in [0.29, 0.717) is 11.4 Å². The van der Waals surface area contributed by atoms with Crippen molar-refractivity contribution in [3.63, 3.8) is 0 Å². The number of rotatable bonds is 4. The molecule has 2 N–H and O–H groups in total. The van der Waals surface area contributed by atoms with Gasteiger partial charge in [-0.15, -0.1) is 0 Å². The van der Waals surface area contributed by atoms with Crippen LogP contribution in [0.1, 0.15) is 0 Å². The highest BCUT2D eigenvalue weighted by molar-refractivity contribution is 5.72. The summed E-state index contributed by atoms with van der Waals surface area (Å²) in [6, 6.07) is 9.66. The van der Waals surface area contributed by atoms with Crippen molar-refractivity contribution in [2.45, 2.75) is 0 Å². The van der Waals surface area contributed by atoms with Crippen molar-refractivity contribution in [3.05, 3.63) is 53.2 Å². The van der Waals surface area contributed by atoms with Gasteiger partial charge in [-0.1, -0.05) is 30.3 Å². The molecule has 0 radical (unpaired) electrons. The first-order chi connectivity index (χ1) is 11.3. The van der Waals surface area contributed by atoms with E-state index in [0.717, 1.165) is 11.3 Å². The number of aliphatic hydroxyl groups excluding tert-OH is 1. The zero-order valence-corrected chi connectivity index (χ0v) is 12.0. The van der Waals surface area contributed by atoms with Gasteiger partial charge in [0, 0.05) is 6.20 Å². The van der Waals surface area contributed by atoms with Gasteiger partial charge in [0.05, 0.1) is 12.3 Å². The molecule has 0 aliphatic heterocycles. The van der Waals surface area contributed by atoms with Gasteiger partial charge in [0.15, 0.2) is 5.52 Å². The minimum atomic E-state index is -0.283. The van der Waals surface area contributed by atoms with Crippen LogP contribution in [0.2, 0.25) is 0 Å². The van der Waals surface area contributed by atoms with Gasteiger partial charge in [-0.05, 0) is 5.56 Å². The van der Waals surface area contributed by atoms with E-state index in [9.17, 15) is 4.79 Å².